The predicted octanol–water partition coefficient (Wildman–Crippen LogP) is 1.79. The zero-order chi connectivity index (χ0) is 14.4. The van der Waals surface area contributed by atoms with Crippen LogP contribution >= 0.6 is 0 Å². The van der Waals surface area contributed by atoms with Crippen molar-refractivity contribution < 1.29 is 19.0 Å². The first-order valence-corrected chi connectivity index (χ1v) is 6.71. The van der Waals surface area contributed by atoms with Crippen molar-refractivity contribution in [2.75, 3.05) is 32.8 Å². The number of carboxylic acid groups (broad SMARTS) is 1. The highest BCUT2D eigenvalue weighted by Crippen LogP contribution is 2.15. The molecule has 0 aliphatic carbocycles. The summed E-state index contributed by atoms with van der Waals surface area (Å²) in [7, 11) is 0. The zero-order valence-electron chi connectivity index (χ0n) is 11.2. The van der Waals surface area contributed by atoms with Crippen LogP contribution in [0.4, 0.5) is 9.18 Å². The minimum Gasteiger partial charge on any atom is -0.492 e. The highest BCUT2D eigenvalue weighted by Gasteiger charge is 2.22. The molecule has 1 aromatic rings. The van der Waals surface area contributed by atoms with Gasteiger partial charge in [0.2, 0.25) is 0 Å². The topological polar surface area (TPSA) is 61.8 Å². The molecule has 1 saturated heterocycles. The van der Waals surface area contributed by atoms with Crippen LogP contribution in [0, 0.1) is 11.7 Å². The van der Waals surface area contributed by atoms with Crippen LogP contribution in [0.15, 0.2) is 24.3 Å². The van der Waals surface area contributed by atoms with Gasteiger partial charge in [0.05, 0.1) is 0 Å². The van der Waals surface area contributed by atoms with Gasteiger partial charge in [0.15, 0.2) is 0 Å². The Hall–Kier alpha value is -1.82. The van der Waals surface area contributed by atoms with E-state index < -0.39 is 6.09 Å². The van der Waals surface area contributed by atoms with E-state index >= 15 is 0 Å². The van der Waals surface area contributed by atoms with Crippen molar-refractivity contribution in [3.63, 3.8) is 0 Å². The molecular formula is C14H19FN2O3. The molecule has 1 heterocycles. The Kier molecular flexibility index (Phi) is 5.17. The number of hydrogen-bond donors (Lipinski definition) is 2. The number of likely N-dealkylation sites (tertiary alicyclic amines) is 1. The van der Waals surface area contributed by atoms with Gasteiger partial charge in [-0.15, -0.1) is 0 Å². The lowest BCUT2D eigenvalue weighted by atomic mass is 10.1. The van der Waals surface area contributed by atoms with Gasteiger partial charge in [-0.2, -0.15) is 0 Å². The van der Waals surface area contributed by atoms with E-state index in [-0.39, 0.29) is 5.82 Å². The molecule has 6 heteroatoms. The molecule has 0 radical (unpaired) electrons. The van der Waals surface area contributed by atoms with E-state index in [1.807, 2.05) is 0 Å². The molecule has 1 atom stereocenters. The van der Waals surface area contributed by atoms with Crippen molar-refractivity contribution >= 4 is 6.09 Å². The third-order valence-electron chi connectivity index (χ3n) is 3.40. The molecule has 1 aromatic carbocycles. The molecule has 1 aliphatic heterocycles. The van der Waals surface area contributed by atoms with Gasteiger partial charge in [-0.25, -0.2) is 9.18 Å². The van der Waals surface area contributed by atoms with Crippen LogP contribution in [-0.2, 0) is 0 Å². The number of hydrogen-bond acceptors (Lipinski definition) is 3. The fraction of sp³-hybridized carbons (Fsp3) is 0.500. The van der Waals surface area contributed by atoms with E-state index in [0.717, 1.165) is 26.1 Å². The van der Waals surface area contributed by atoms with Gasteiger partial charge >= 0.3 is 6.09 Å². The normalized spacial score (nSPS) is 18.9. The molecule has 1 unspecified atom stereocenters. The SMILES string of the molecule is O=C(O)NCC1CCN(CCOc2ccc(F)cc2)C1. The molecule has 2 rings (SSSR count). The van der Waals surface area contributed by atoms with Gasteiger partial charge in [-0.05, 0) is 43.1 Å². The average molecular weight is 282 g/mol. The number of rotatable bonds is 6. The van der Waals surface area contributed by atoms with E-state index in [4.69, 9.17) is 9.84 Å². The number of halogens is 1. The van der Waals surface area contributed by atoms with Crippen molar-refractivity contribution in [2.24, 2.45) is 5.92 Å². The summed E-state index contributed by atoms with van der Waals surface area (Å²) in [6.45, 7) is 3.68. The lowest BCUT2D eigenvalue weighted by molar-refractivity contribution is 0.191. The number of ether oxygens (including phenoxy) is 1. The molecule has 0 spiro atoms. The van der Waals surface area contributed by atoms with Gasteiger partial charge in [-0.1, -0.05) is 0 Å². The summed E-state index contributed by atoms with van der Waals surface area (Å²) in [5, 5.41) is 11.0. The summed E-state index contributed by atoms with van der Waals surface area (Å²) in [4.78, 5) is 12.7. The van der Waals surface area contributed by atoms with Gasteiger partial charge in [0.25, 0.3) is 0 Å². The highest BCUT2D eigenvalue weighted by atomic mass is 19.1. The van der Waals surface area contributed by atoms with E-state index in [2.05, 4.69) is 10.2 Å². The Morgan fingerprint density at radius 2 is 2.20 bits per heavy atom. The third kappa shape index (κ3) is 4.70. The van der Waals surface area contributed by atoms with Gasteiger partial charge in [0.1, 0.15) is 18.2 Å². The van der Waals surface area contributed by atoms with Crippen LogP contribution in [0.25, 0.3) is 0 Å². The number of carbonyl (C=O) groups is 1. The smallest absolute Gasteiger partial charge is 0.404 e. The average Bonchev–Trinajstić information content (AvgIpc) is 2.87. The van der Waals surface area contributed by atoms with Crippen LogP contribution < -0.4 is 10.1 Å². The predicted molar refractivity (Wildman–Crippen MR) is 72.5 cm³/mol. The minimum atomic E-state index is -0.969. The Balaban J connectivity index is 1.63. The summed E-state index contributed by atoms with van der Waals surface area (Å²) < 4.78 is 18.3. The fourth-order valence-corrected chi connectivity index (χ4v) is 2.34. The van der Waals surface area contributed by atoms with Gasteiger partial charge in [0, 0.05) is 19.6 Å². The first-order chi connectivity index (χ1) is 9.63. The molecule has 1 amide bonds. The molecule has 0 bridgehead atoms. The molecule has 0 aromatic heterocycles. The first-order valence-electron chi connectivity index (χ1n) is 6.71. The van der Waals surface area contributed by atoms with E-state index in [1.165, 1.54) is 12.1 Å². The summed E-state index contributed by atoms with van der Waals surface area (Å²) >= 11 is 0. The highest BCUT2D eigenvalue weighted by molar-refractivity contribution is 5.64. The fourth-order valence-electron chi connectivity index (χ4n) is 2.34. The molecule has 20 heavy (non-hydrogen) atoms. The Morgan fingerprint density at radius 1 is 1.45 bits per heavy atom. The number of amides is 1. The Bertz CT molecular complexity index is 439. The number of nitrogens with one attached hydrogen (secondary N) is 1. The molecule has 0 saturated carbocycles. The zero-order valence-corrected chi connectivity index (χ0v) is 11.2. The molecular weight excluding hydrogens is 263 g/mol. The van der Waals surface area contributed by atoms with Crippen LogP contribution in [0.2, 0.25) is 0 Å². The maximum atomic E-state index is 12.7. The summed E-state index contributed by atoms with van der Waals surface area (Å²) in [5.41, 5.74) is 0. The largest absolute Gasteiger partial charge is 0.492 e. The summed E-state index contributed by atoms with van der Waals surface area (Å²) in [6.07, 6.45) is 0.0275. The maximum Gasteiger partial charge on any atom is 0.404 e. The molecule has 5 nitrogen and oxygen atoms in total. The Morgan fingerprint density at radius 3 is 2.90 bits per heavy atom. The van der Waals surface area contributed by atoms with Crippen molar-refractivity contribution in [1.82, 2.24) is 10.2 Å². The lowest BCUT2D eigenvalue weighted by Gasteiger charge is -2.16. The second-order valence-corrected chi connectivity index (χ2v) is 4.94. The molecule has 1 aliphatic rings. The minimum absolute atomic E-state index is 0.273. The molecule has 2 N–H and O–H groups in total. The van der Waals surface area contributed by atoms with Crippen LogP contribution in [-0.4, -0.2) is 48.9 Å². The standard InChI is InChI=1S/C14H19FN2O3/c15-12-1-3-13(4-2-12)20-8-7-17-6-5-11(10-17)9-16-14(18)19/h1-4,11,16H,5-10H2,(H,18,19). The number of nitrogens with zero attached hydrogens (tertiary/aromatic N) is 1. The first kappa shape index (κ1) is 14.6. The summed E-state index contributed by atoms with van der Waals surface area (Å²) in [5.74, 6) is 0.761. The quantitative estimate of drug-likeness (QED) is 0.835. The van der Waals surface area contributed by atoms with E-state index in [1.54, 1.807) is 12.1 Å². The van der Waals surface area contributed by atoms with Crippen molar-refractivity contribution in [3.05, 3.63) is 30.1 Å². The maximum absolute atomic E-state index is 12.7. The molecule has 110 valence electrons. The second kappa shape index (κ2) is 7.09. The van der Waals surface area contributed by atoms with E-state index in [9.17, 15) is 9.18 Å². The van der Waals surface area contributed by atoms with Crippen molar-refractivity contribution in [3.8, 4) is 5.75 Å². The second-order valence-electron chi connectivity index (χ2n) is 4.94. The van der Waals surface area contributed by atoms with E-state index in [0.29, 0.717) is 24.8 Å². The van der Waals surface area contributed by atoms with Crippen molar-refractivity contribution in [1.29, 1.82) is 0 Å². The summed E-state index contributed by atoms with van der Waals surface area (Å²) in [6, 6.07) is 5.97. The van der Waals surface area contributed by atoms with Gasteiger partial charge in [-0.3, -0.25) is 4.90 Å². The number of benzene rings is 1. The van der Waals surface area contributed by atoms with Crippen LogP contribution in [0.5, 0.6) is 5.75 Å². The van der Waals surface area contributed by atoms with Crippen LogP contribution in [0.1, 0.15) is 6.42 Å². The lowest BCUT2D eigenvalue weighted by Crippen LogP contribution is -2.31. The van der Waals surface area contributed by atoms with Gasteiger partial charge < -0.3 is 15.2 Å². The Labute approximate surface area is 117 Å². The van der Waals surface area contributed by atoms with Crippen LogP contribution in [0.3, 0.4) is 0 Å². The third-order valence-corrected chi connectivity index (χ3v) is 3.40. The molecule has 1 fully saturated rings. The monoisotopic (exact) mass is 282 g/mol. The van der Waals surface area contributed by atoms with Crippen molar-refractivity contribution in [2.45, 2.75) is 6.42 Å².